The van der Waals surface area contributed by atoms with Crippen LogP contribution in [0.5, 0.6) is 0 Å². The van der Waals surface area contributed by atoms with Gasteiger partial charge in [-0.05, 0) is 17.7 Å². The van der Waals surface area contributed by atoms with E-state index in [4.69, 9.17) is 10.8 Å². The molecule has 2 aromatic rings. The Hall–Kier alpha value is -1.72. The average Bonchev–Trinajstić information content (AvgIpc) is 2.82. The summed E-state index contributed by atoms with van der Waals surface area (Å²) in [4.78, 5) is 3.86. The molecule has 2 rings (SSSR count). The first-order valence-corrected chi connectivity index (χ1v) is 4.62. The highest BCUT2D eigenvalue weighted by Gasteiger charge is 2.04. The van der Waals surface area contributed by atoms with E-state index in [2.05, 4.69) is 10.1 Å². The fraction of sp³-hybridized carbons (Fsp3) is 0.200. The van der Waals surface area contributed by atoms with Gasteiger partial charge in [0.1, 0.15) is 12.7 Å². The van der Waals surface area contributed by atoms with Gasteiger partial charge in [-0.1, -0.05) is 12.1 Å². The Morgan fingerprint density at radius 2 is 2.07 bits per heavy atom. The molecule has 0 aliphatic rings. The van der Waals surface area contributed by atoms with Crippen molar-refractivity contribution in [3.63, 3.8) is 0 Å². The van der Waals surface area contributed by atoms with Crippen LogP contribution in [-0.4, -0.2) is 26.5 Å². The van der Waals surface area contributed by atoms with E-state index < -0.39 is 0 Å². The highest BCUT2D eigenvalue weighted by atomic mass is 16.3. The normalized spacial score (nSPS) is 12.7. The van der Waals surface area contributed by atoms with Gasteiger partial charge < -0.3 is 10.8 Å². The zero-order chi connectivity index (χ0) is 10.7. The fourth-order valence-electron chi connectivity index (χ4n) is 1.32. The molecule has 0 aliphatic heterocycles. The molecule has 78 valence electrons. The van der Waals surface area contributed by atoms with Crippen LogP contribution < -0.4 is 5.73 Å². The summed E-state index contributed by atoms with van der Waals surface area (Å²) in [6, 6.07) is 7.20. The molecular weight excluding hydrogens is 192 g/mol. The number of aromatic nitrogens is 3. The summed E-state index contributed by atoms with van der Waals surface area (Å²) in [7, 11) is 0. The second-order valence-corrected chi connectivity index (χ2v) is 3.22. The number of nitrogens with zero attached hydrogens (tertiary/aromatic N) is 3. The predicted molar refractivity (Wildman–Crippen MR) is 55.4 cm³/mol. The molecular formula is C10H12N4O. The van der Waals surface area contributed by atoms with Gasteiger partial charge in [0.25, 0.3) is 0 Å². The molecule has 1 heterocycles. The minimum absolute atomic E-state index is 0.0529. The maximum atomic E-state index is 8.89. The van der Waals surface area contributed by atoms with Crippen LogP contribution in [0, 0.1) is 0 Å². The monoisotopic (exact) mass is 204 g/mol. The number of aliphatic hydroxyl groups is 1. The van der Waals surface area contributed by atoms with Gasteiger partial charge in [0.2, 0.25) is 0 Å². The number of hydrogen-bond acceptors (Lipinski definition) is 4. The lowest BCUT2D eigenvalue weighted by molar-refractivity contribution is 0.268. The number of aliphatic hydroxyl groups excluding tert-OH is 1. The smallest absolute Gasteiger partial charge is 0.138 e. The summed E-state index contributed by atoms with van der Waals surface area (Å²) in [5.74, 6) is 0. The molecule has 0 radical (unpaired) electrons. The second-order valence-electron chi connectivity index (χ2n) is 3.22. The zero-order valence-electron chi connectivity index (χ0n) is 8.11. The van der Waals surface area contributed by atoms with Crippen molar-refractivity contribution < 1.29 is 5.11 Å². The molecule has 0 spiro atoms. The summed E-state index contributed by atoms with van der Waals surface area (Å²) >= 11 is 0. The molecule has 5 heteroatoms. The molecule has 0 fully saturated rings. The average molecular weight is 204 g/mol. The highest BCUT2D eigenvalue weighted by Crippen LogP contribution is 2.12. The Morgan fingerprint density at radius 1 is 1.33 bits per heavy atom. The van der Waals surface area contributed by atoms with Crippen molar-refractivity contribution in [3.8, 4) is 5.69 Å². The summed E-state index contributed by atoms with van der Waals surface area (Å²) < 4.78 is 1.66. The molecule has 3 N–H and O–H groups in total. The third kappa shape index (κ3) is 2.03. The van der Waals surface area contributed by atoms with Crippen LogP contribution in [0.15, 0.2) is 36.9 Å². The van der Waals surface area contributed by atoms with Crippen LogP contribution in [0.2, 0.25) is 0 Å². The predicted octanol–water partition coefficient (Wildman–Crippen LogP) is 0.259. The quantitative estimate of drug-likeness (QED) is 0.751. The van der Waals surface area contributed by atoms with Crippen molar-refractivity contribution in [1.82, 2.24) is 14.8 Å². The Bertz CT molecular complexity index is 409. The van der Waals surface area contributed by atoms with Crippen molar-refractivity contribution in [2.24, 2.45) is 5.73 Å². The van der Waals surface area contributed by atoms with Crippen LogP contribution in [-0.2, 0) is 0 Å². The maximum absolute atomic E-state index is 8.89. The molecule has 1 aromatic heterocycles. The minimum Gasteiger partial charge on any atom is -0.394 e. The molecule has 0 amide bonds. The van der Waals surface area contributed by atoms with Crippen LogP contribution in [0.4, 0.5) is 0 Å². The van der Waals surface area contributed by atoms with E-state index in [-0.39, 0.29) is 12.6 Å². The van der Waals surface area contributed by atoms with Crippen molar-refractivity contribution in [1.29, 1.82) is 0 Å². The Labute approximate surface area is 87.2 Å². The second kappa shape index (κ2) is 4.20. The van der Waals surface area contributed by atoms with Crippen LogP contribution >= 0.6 is 0 Å². The van der Waals surface area contributed by atoms with E-state index in [1.807, 2.05) is 24.3 Å². The topological polar surface area (TPSA) is 77.0 Å². The molecule has 0 saturated heterocycles. The van der Waals surface area contributed by atoms with Crippen LogP contribution in [0.25, 0.3) is 5.69 Å². The first kappa shape index (κ1) is 9.82. The largest absolute Gasteiger partial charge is 0.394 e. The zero-order valence-corrected chi connectivity index (χ0v) is 8.11. The summed E-state index contributed by atoms with van der Waals surface area (Å²) in [6.45, 7) is -0.0529. The SMILES string of the molecule is N[C@H](CO)c1ccc(-n2cncn2)cc1. The Balaban J connectivity index is 2.25. The lowest BCUT2D eigenvalue weighted by atomic mass is 10.1. The summed E-state index contributed by atoms with van der Waals surface area (Å²) in [6.07, 6.45) is 3.11. The van der Waals surface area contributed by atoms with Gasteiger partial charge in [-0.2, -0.15) is 5.10 Å². The first-order chi connectivity index (χ1) is 7.31. The molecule has 1 aromatic carbocycles. The van der Waals surface area contributed by atoms with Crippen molar-refractivity contribution in [3.05, 3.63) is 42.5 Å². The molecule has 0 bridgehead atoms. The molecule has 0 aliphatic carbocycles. The van der Waals surface area contributed by atoms with E-state index in [9.17, 15) is 0 Å². The first-order valence-electron chi connectivity index (χ1n) is 4.62. The van der Waals surface area contributed by atoms with Gasteiger partial charge in [-0.3, -0.25) is 0 Å². The van der Waals surface area contributed by atoms with E-state index in [0.717, 1.165) is 11.3 Å². The van der Waals surface area contributed by atoms with Crippen LogP contribution in [0.3, 0.4) is 0 Å². The van der Waals surface area contributed by atoms with Gasteiger partial charge in [0.05, 0.1) is 18.3 Å². The minimum atomic E-state index is -0.324. The number of rotatable bonds is 3. The van der Waals surface area contributed by atoms with E-state index in [0.29, 0.717) is 0 Å². The summed E-state index contributed by atoms with van der Waals surface area (Å²) in [5, 5.41) is 12.9. The maximum Gasteiger partial charge on any atom is 0.138 e. The number of nitrogens with two attached hydrogens (primary N) is 1. The van der Waals surface area contributed by atoms with E-state index in [1.165, 1.54) is 6.33 Å². The van der Waals surface area contributed by atoms with Crippen molar-refractivity contribution in [2.75, 3.05) is 6.61 Å². The fourth-order valence-corrected chi connectivity index (χ4v) is 1.32. The lowest BCUT2D eigenvalue weighted by Crippen LogP contribution is -2.14. The molecule has 0 unspecified atom stereocenters. The number of hydrogen-bond donors (Lipinski definition) is 2. The molecule has 5 nitrogen and oxygen atoms in total. The van der Waals surface area contributed by atoms with E-state index in [1.54, 1.807) is 11.0 Å². The molecule has 0 saturated carbocycles. The van der Waals surface area contributed by atoms with Gasteiger partial charge in [0, 0.05) is 0 Å². The molecule has 15 heavy (non-hydrogen) atoms. The third-order valence-corrected chi connectivity index (χ3v) is 2.20. The van der Waals surface area contributed by atoms with Gasteiger partial charge in [0.15, 0.2) is 0 Å². The van der Waals surface area contributed by atoms with E-state index >= 15 is 0 Å². The number of benzene rings is 1. The van der Waals surface area contributed by atoms with Crippen LogP contribution in [0.1, 0.15) is 11.6 Å². The standard InChI is InChI=1S/C10H12N4O/c11-10(5-15)8-1-3-9(4-2-8)14-7-12-6-13-14/h1-4,6-7,10,15H,5,11H2/t10-/m1/s1. The lowest BCUT2D eigenvalue weighted by Gasteiger charge is -2.08. The highest BCUT2D eigenvalue weighted by molar-refractivity contribution is 5.34. The van der Waals surface area contributed by atoms with Crippen molar-refractivity contribution in [2.45, 2.75) is 6.04 Å². The Kier molecular flexibility index (Phi) is 2.75. The van der Waals surface area contributed by atoms with Gasteiger partial charge >= 0.3 is 0 Å². The van der Waals surface area contributed by atoms with Gasteiger partial charge in [-0.15, -0.1) is 0 Å². The van der Waals surface area contributed by atoms with Gasteiger partial charge in [-0.25, -0.2) is 9.67 Å². The molecule has 1 atom stereocenters. The van der Waals surface area contributed by atoms with Crippen molar-refractivity contribution >= 4 is 0 Å². The Morgan fingerprint density at radius 3 is 2.60 bits per heavy atom. The summed E-state index contributed by atoms with van der Waals surface area (Å²) in [5.41, 5.74) is 7.50. The third-order valence-electron chi connectivity index (χ3n) is 2.20.